The fourth-order valence-electron chi connectivity index (χ4n) is 1.95. The van der Waals surface area contributed by atoms with E-state index < -0.39 is 5.60 Å². The summed E-state index contributed by atoms with van der Waals surface area (Å²) in [4.78, 5) is 4.46. The van der Waals surface area contributed by atoms with E-state index in [0.717, 1.165) is 12.1 Å². The van der Waals surface area contributed by atoms with Crippen LogP contribution in [-0.4, -0.2) is 57.6 Å². The Kier molecular flexibility index (Phi) is 12.9. The van der Waals surface area contributed by atoms with E-state index in [2.05, 4.69) is 15.6 Å². The van der Waals surface area contributed by atoms with E-state index in [1.807, 2.05) is 37.3 Å². The molecule has 0 aliphatic carbocycles. The van der Waals surface area contributed by atoms with Gasteiger partial charge in [0.25, 0.3) is 0 Å². The van der Waals surface area contributed by atoms with Gasteiger partial charge in [-0.1, -0.05) is 30.3 Å². The SMILES string of the molecule is CCNC(=NCC(C)(O)c1ccccc1)NCCOCCOC.I. The molecule has 0 saturated heterocycles. The van der Waals surface area contributed by atoms with Gasteiger partial charge in [-0.3, -0.25) is 0 Å². The largest absolute Gasteiger partial charge is 0.384 e. The zero-order valence-electron chi connectivity index (χ0n) is 14.7. The highest BCUT2D eigenvalue weighted by molar-refractivity contribution is 14.0. The molecule has 1 aromatic rings. The second-order valence-electron chi connectivity index (χ2n) is 5.37. The molecule has 0 heterocycles. The minimum absolute atomic E-state index is 0. The first-order chi connectivity index (χ1) is 11.1. The number of rotatable bonds is 10. The summed E-state index contributed by atoms with van der Waals surface area (Å²) in [5.41, 5.74) is -0.152. The van der Waals surface area contributed by atoms with Crippen molar-refractivity contribution in [3.63, 3.8) is 0 Å². The highest BCUT2D eigenvalue weighted by Gasteiger charge is 2.22. The molecule has 3 N–H and O–H groups in total. The van der Waals surface area contributed by atoms with Crippen molar-refractivity contribution in [2.75, 3.05) is 46.6 Å². The molecule has 6 nitrogen and oxygen atoms in total. The maximum absolute atomic E-state index is 10.6. The zero-order chi connectivity index (χ0) is 17.0. The number of guanidine groups is 1. The smallest absolute Gasteiger partial charge is 0.191 e. The molecule has 0 aromatic heterocycles. The highest BCUT2D eigenvalue weighted by atomic mass is 127. The van der Waals surface area contributed by atoms with Crippen molar-refractivity contribution in [2.45, 2.75) is 19.4 Å². The second kappa shape index (κ2) is 13.4. The molecule has 1 atom stereocenters. The summed E-state index contributed by atoms with van der Waals surface area (Å²) < 4.78 is 10.3. The van der Waals surface area contributed by atoms with Gasteiger partial charge in [0.15, 0.2) is 5.96 Å². The lowest BCUT2D eigenvalue weighted by atomic mass is 9.96. The third kappa shape index (κ3) is 9.41. The quantitative estimate of drug-likeness (QED) is 0.219. The van der Waals surface area contributed by atoms with Gasteiger partial charge in [0, 0.05) is 20.2 Å². The van der Waals surface area contributed by atoms with Gasteiger partial charge < -0.3 is 25.2 Å². The van der Waals surface area contributed by atoms with Crippen molar-refractivity contribution in [2.24, 2.45) is 4.99 Å². The van der Waals surface area contributed by atoms with Crippen LogP contribution in [0.4, 0.5) is 0 Å². The van der Waals surface area contributed by atoms with E-state index in [0.29, 0.717) is 32.3 Å². The van der Waals surface area contributed by atoms with Crippen LogP contribution < -0.4 is 10.6 Å². The maximum atomic E-state index is 10.6. The second-order valence-corrected chi connectivity index (χ2v) is 5.37. The summed E-state index contributed by atoms with van der Waals surface area (Å²) in [5.74, 6) is 0.666. The van der Waals surface area contributed by atoms with Gasteiger partial charge in [-0.25, -0.2) is 4.99 Å². The lowest BCUT2D eigenvalue weighted by Gasteiger charge is -2.22. The van der Waals surface area contributed by atoms with Crippen LogP contribution in [0.1, 0.15) is 19.4 Å². The maximum Gasteiger partial charge on any atom is 0.191 e. The van der Waals surface area contributed by atoms with Gasteiger partial charge >= 0.3 is 0 Å². The first-order valence-corrected chi connectivity index (χ1v) is 7.97. The van der Waals surface area contributed by atoms with Crippen molar-refractivity contribution in [3.05, 3.63) is 35.9 Å². The van der Waals surface area contributed by atoms with E-state index in [4.69, 9.17) is 9.47 Å². The van der Waals surface area contributed by atoms with Crippen molar-refractivity contribution in [1.29, 1.82) is 0 Å². The molecule has 0 saturated carbocycles. The predicted molar refractivity (Wildman–Crippen MR) is 108 cm³/mol. The molecule has 1 aromatic carbocycles. The van der Waals surface area contributed by atoms with Gasteiger partial charge in [-0.05, 0) is 19.4 Å². The molecule has 0 aliphatic rings. The monoisotopic (exact) mass is 451 g/mol. The molecule has 0 bridgehead atoms. The molecule has 7 heteroatoms. The lowest BCUT2D eigenvalue weighted by molar-refractivity contribution is 0.0670. The van der Waals surface area contributed by atoms with Crippen LogP contribution in [0, 0.1) is 0 Å². The Bertz CT molecular complexity index is 456. The summed E-state index contributed by atoms with van der Waals surface area (Å²) in [6.45, 7) is 7.18. The van der Waals surface area contributed by atoms with E-state index in [1.165, 1.54) is 0 Å². The Morgan fingerprint density at radius 1 is 1.17 bits per heavy atom. The number of methoxy groups -OCH3 is 1. The van der Waals surface area contributed by atoms with E-state index in [-0.39, 0.29) is 30.5 Å². The van der Waals surface area contributed by atoms with Gasteiger partial charge in [0.2, 0.25) is 0 Å². The number of nitrogens with one attached hydrogen (secondary N) is 2. The number of halogens is 1. The minimum atomic E-state index is -1.00. The summed E-state index contributed by atoms with van der Waals surface area (Å²) >= 11 is 0. The van der Waals surface area contributed by atoms with Crippen LogP contribution in [0.5, 0.6) is 0 Å². The topological polar surface area (TPSA) is 75.1 Å². The first-order valence-electron chi connectivity index (χ1n) is 7.97. The fraction of sp³-hybridized carbons (Fsp3) is 0.588. The zero-order valence-corrected chi connectivity index (χ0v) is 17.1. The number of hydrogen-bond donors (Lipinski definition) is 3. The van der Waals surface area contributed by atoms with Gasteiger partial charge in [0.1, 0.15) is 5.60 Å². The van der Waals surface area contributed by atoms with Gasteiger partial charge in [0.05, 0.1) is 26.4 Å². The van der Waals surface area contributed by atoms with Gasteiger partial charge in [-0.2, -0.15) is 0 Å². The van der Waals surface area contributed by atoms with Crippen LogP contribution >= 0.6 is 24.0 Å². The molecular weight excluding hydrogens is 421 g/mol. The number of aliphatic hydroxyl groups is 1. The van der Waals surface area contributed by atoms with Crippen molar-refractivity contribution >= 4 is 29.9 Å². The number of benzene rings is 1. The molecule has 0 radical (unpaired) electrons. The summed E-state index contributed by atoms with van der Waals surface area (Å²) in [6, 6.07) is 9.56. The van der Waals surface area contributed by atoms with E-state index in [9.17, 15) is 5.11 Å². The van der Waals surface area contributed by atoms with Crippen LogP contribution in [0.2, 0.25) is 0 Å². The molecule has 138 valence electrons. The van der Waals surface area contributed by atoms with E-state index in [1.54, 1.807) is 14.0 Å². The number of ether oxygens (including phenoxy) is 2. The molecule has 1 unspecified atom stereocenters. The summed E-state index contributed by atoms with van der Waals surface area (Å²) in [6.07, 6.45) is 0. The number of nitrogens with zero attached hydrogens (tertiary/aromatic N) is 1. The van der Waals surface area contributed by atoms with Crippen molar-refractivity contribution in [1.82, 2.24) is 10.6 Å². The number of hydrogen-bond acceptors (Lipinski definition) is 4. The van der Waals surface area contributed by atoms with Crippen molar-refractivity contribution in [3.8, 4) is 0 Å². The van der Waals surface area contributed by atoms with Crippen LogP contribution in [0.25, 0.3) is 0 Å². The first kappa shape index (κ1) is 23.1. The average molecular weight is 451 g/mol. The Morgan fingerprint density at radius 3 is 2.50 bits per heavy atom. The third-order valence-electron chi connectivity index (χ3n) is 3.26. The highest BCUT2D eigenvalue weighted by Crippen LogP contribution is 2.20. The summed E-state index contributed by atoms with van der Waals surface area (Å²) in [5, 5.41) is 16.9. The third-order valence-corrected chi connectivity index (χ3v) is 3.26. The Labute approximate surface area is 162 Å². The molecule has 0 aliphatic heterocycles. The molecule has 0 fully saturated rings. The number of aliphatic imine (C=N–C) groups is 1. The molecule has 0 amide bonds. The van der Waals surface area contributed by atoms with Crippen LogP contribution in [0.15, 0.2) is 35.3 Å². The molecule has 1 rings (SSSR count). The van der Waals surface area contributed by atoms with Gasteiger partial charge in [-0.15, -0.1) is 24.0 Å². The molecular formula is C17H30IN3O3. The predicted octanol–water partition coefficient (Wildman–Crippen LogP) is 1.73. The Balaban J connectivity index is 0.00000529. The lowest BCUT2D eigenvalue weighted by Crippen LogP contribution is -2.40. The standard InChI is InChI=1S/C17H29N3O3.HI/c1-4-18-16(19-10-11-23-13-12-22-3)20-14-17(2,21)15-8-6-5-7-9-15;/h5-9,21H,4,10-14H2,1-3H3,(H2,18,19,20);1H. The minimum Gasteiger partial charge on any atom is -0.384 e. The Hall–Kier alpha value is -0.900. The van der Waals surface area contributed by atoms with E-state index >= 15 is 0 Å². The van der Waals surface area contributed by atoms with Crippen LogP contribution in [-0.2, 0) is 15.1 Å². The summed E-state index contributed by atoms with van der Waals surface area (Å²) in [7, 11) is 1.65. The Morgan fingerprint density at radius 2 is 1.88 bits per heavy atom. The fourth-order valence-corrected chi connectivity index (χ4v) is 1.95. The van der Waals surface area contributed by atoms with Crippen LogP contribution in [0.3, 0.4) is 0 Å². The average Bonchev–Trinajstić information content (AvgIpc) is 2.56. The molecule has 0 spiro atoms. The molecule has 24 heavy (non-hydrogen) atoms. The normalized spacial score (nSPS) is 13.8. The van der Waals surface area contributed by atoms with Crippen molar-refractivity contribution < 1.29 is 14.6 Å².